The highest BCUT2D eigenvalue weighted by Crippen LogP contribution is 2.51. The molecule has 0 bridgehead atoms. The Balaban J connectivity index is 4.60. The zero-order chi connectivity index (χ0) is 25.1. The fourth-order valence-corrected chi connectivity index (χ4v) is 2.07. The number of hydrogen-bond donors (Lipinski definition) is 1. The van der Waals surface area contributed by atoms with Crippen molar-refractivity contribution in [3.8, 4) is 0 Å². The van der Waals surface area contributed by atoms with Gasteiger partial charge in [-0.25, -0.2) is 17.6 Å². The molecule has 0 saturated carbocycles. The van der Waals surface area contributed by atoms with Crippen molar-refractivity contribution < 1.29 is 70.2 Å². The van der Waals surface area contributed by atoms with Crippen LogP contribution in [0.2, 0.25) is 0 Å². The summed E-state index contributed by atoms with van der Waals surface area (Å²) in [6.07, 6.45) is -16.5. The molecular weight excluding hydrogens is 486 g/mol. The zero-order valence-corrected chi connectivity index (χ0v) is 14.9. The second-order valence-corrected chi connectivity index (χ2v) is 6.36. The van der Waals surface area contributed by atoms with Crippen molar-refractivity contribution in [3.05, 3.63) is 0 Å². The van der Waals surface area contributed by atoms with Crippen LogP contribution in [-0.4, -0.2) is 61.5 Å². The summed E-state index contributed by atoms with van der Waals surface area (Å²) < 4.78 is 203. The molecule has 1 nitrogen and oxygen atoms in total. The molecule has 0 atom stereocenters. The van der Waals surface area contributed by atoms with Crippen molar-refractivity contribution in [2.45, 2.75) is 74.1 Å². The van der Waals surface area contributed by atoms with Gasteiger partial charge in [0.15, 0.2) is 0 Å². The van der Waals surface area contributed by atoms with E-state index in [2.05, 4.69) is 0 Å². The minimum atomic E-state index is -6.43. The molecule has 0 rings (SSSR count). The minimum absolute atomic E-state index is 0.804. The summed E-state index contributed by atoms with van der Waals surface area (Å²) in [5.74, 6) is -36.8. The first-order valence-electron chi connectivity index (χ1n) is 8.13. The summed E-state index contributed by atoms with van der Waals surface area (Å²) >= 11 is 0. The van der Waals surface area contributed by atoms with E-state index in [4.69, 9.17) is 0 Å². The molecule has 188 valence electrons. The lowest BCUT2D eigenvalue weighted by Crippen LogP contribution is -2.57. The SMILES string of the molecule is FC(F)C(F)(F)C(F)(F)C(F)(F)CCCNCCCC(F)(F)C(F)(F)C(F)(F)C(F)F. The molecule has 0 unspecified atom stereocenters. The molecule has 0 radical (unpaired) electrons. The van der Waals surface area contributed by atoms with Crippen molar-refractivity contribution in [1.29, 1.82) is 0 Å². The van der Waals surface area contributed by atoms with Gasteiger partial charge in [0.25, 0.3) is 0 Å². The van der Waals surface area contributed by atoms with E-state index in [0.29, 0.717) is 0 Å². The molecule has 31 heavy (non-hydrogen) atoms. The molecule has 0 spiro atoms. The Morgan fingerprint density at radius 1 is 0.484 bits per heavy atom. The summed E-state index contributed by atoms with van der Waals surface area (Å²) in [5, 5.41) is 1.93. The van der Waals surface area contributed by atoms with Crippen LogP contribution in [0.25, 0.3) is 0 Å². The van der Waals surface area contributed by atoms with Gasteiger partial charge in [0.1, 0.15) is 0 Å². The van der Waals surface area contributed by atoms with Gasteiger partial charge in [-0.2, -0.15) is 52.7 Å². The van der Waals surface area contributed by atoms with Crippen LogP contribution < -0.4 is 5.32 Å². The highest BCUT2D eigenvalue weighted by atomic mass is 19.4. The lowest BCUT2D eigenvalue weighted by Gasteiger charge is -2.32. The van der Waals surface area contributed by atoms with Gasteiger partial charge < -0.3 is 5.32 Å². The van der Waals surface area contributed by atoms with Gasteiger partial charge in [0.2, 0.25) is 0 Å². The van der Waals surface area contributed by atoms with E-state index in [1.165, 1.54) is 0 Å². The Kier molecular flexibility index (Phi) is 9.40. The molecule has 0 aromatic rings. The summed E-state index contributed by atoms with van der Waals surface area (Å²) in [4.78, 5) is 0. The molecular formula is C14H15F16N. The van der Waals surface area contributed by atoms with Gasteiger partial charge >= 0.3 is 48.4 Å². The third kappa shape index (κ3) is 6.00. The monoisotopic (exact) mass is 501 g/mol. The van der Waals surface area contributed by atoms with Gasteiger partial charge in [-0.3, -0.25) is 0 Å². The van der Waals surface area contributed by atoms with Crippen LogP contribution in [-0.2, 0) is 0 Å². The topological polar surface area (TPSA) is 12.0 Å². The van der Waals surface area contributed by atoms with Crippen LogP contribution in [0.3, 0.4) is 0 Å². The van der Waals surface area contributed by atoms with Crippen molar-refractivity contribution in [3.63, 3.8) is 0 Å². The van der Waals surface area contributed by atoms with Crippen molar-refractivity contribution in [2.24, 2.45) is 0 Å². The lowest BCUT2D eigenvalue weighted by atomic mass is 10.00. The van der Waals surface area contributed by atoms with Gasteiger partial charge in [-0.15, -0.1) is 0 Å². The molecule has 0 heterocycles. The van der Waals surface area contributed by atoms with E-state index >= 15 is 0 Å². The van der Waals surface area contributed by atoms with Gasteiger partial charge in [0.05, 0.1) is 0 Å². The third-order valence-electron chi connectivity index (χ3n) is 3.99. The first-order chi connectivity index (χ1) is 13.6. The third-order valence-corrected chi connectivity index (χ3v) is 3.99. The average Bonchev–Trinajstić information content (AvgIpc) is 2.59. The molecule has 0 aromatic heterocycles. The number of halogens is 16. The molecule has 1 N–H and O–H groups in total. The maximum absolute atomic E-state index is 13.2. The molecule has 0 aliphatic carbocycles. The van der Waals surface area contributed by atoms with E-state index in [-0.39, 0.29) is 0 Å². The molecule has 0 amide bonds. The van der Waals surface area contributed by atoms with Crippen LogP contribution in [0.1, 0.15) is 25.7 Å². The predicted molar refractivity (Wildman–Crippen MR) is 73.0 cm³/mol. The summed E-state index contributed by atoms with van der Waals surface area (Å²) in [6.45, 7) is -1.61. The second kappa shape index (κ2) is 9.77. The Labute approximate surface area is 164 Å². The van der Waals surface area contributed by atoms with E-state index in [0.717, 1.165) is 0 Å². The zero-order valence-electron chi connectivity index (χ0n) is 14.9. The maximum atomic E-state index is 13.2. The first-order valence-corrected chi connectivity index (χ1v) is 8.13. The van der Waals surface area contributed by atoms with Crippen LogP contribution in [0.5, 0.6) is 0 Å². The normalized spacial score (nSPS) is 15.3. The Morgan fingerprint density at radius 3 is 0.968 bits per heavy atom. The van der Waals surface area contributed by atoms with Gasteiger partial charge in [-0.05, 0) is 25.9 Å². The van der Waals surface area contributed by atoms with E-state index < -0.39 is 87.2 Å². The Bertz CT molecular complexity index is 511. The fourth-order valence-electron chi connectivity index (χ4n) is 2.07. The van der Waals surface area contributed by atoms with Gasteiger partial charge in [-0.1, -0.05) is 0 Å². The van der Waals surface area contributed by atoms with Crippen LogP contribution in [0.15, 0.2) is 0 Å². The van der Waals surface area contributed by atoms with E-state index in [1.54, 1.807) is 0 Å². The molecule has 0 aliphatic heterocycles. The largest absolute Gasteiger partial charge is 0.377 e. The Morgan fingerprint density at radius 2 is 0.742 bits per heavy atom. The second-order valence-electron chi connectivity index (χ2n) is 6.36. The number of hydrogen-bond acceptors (Lipinski definition) is 1. The van der Waals surface area contributed by atoms with Crippen molar-refractivity contribution in [2.75, 3.05) is 13.1 Å². The number of rotatable bonds is 14. The molecule has 0 fully saturated rings. The fraction of sp³-hybridized carbons (Fsp3) is 1.00. The minimum Gasteiger partial charge on any atom is -0.317 e. The number of alkyl halides is 16. The summed E-state index contributed by atoms with van der Waals surface area (Å²) in [7, 11) is 0. The Hall–Kier alpha value is -1.16. The summed E-state index contributed by atoms with van der Waals surface area (Å²) in [6, 6.07) is 0. The van der Waals surface area contributed by atoms with Crippen LogP contribution >= 0.6 is 0 Å². The highest BCUT2D eigenvalue weighted by Gasteiger charge is 2.75. The van der Waals surface area contributed by atoms with Crippen molar-refractivity contribution >= 4 is 0 Å². The molecule has 0 aromatic carbocycles. The summed E-state index contributed by atoms with van der Waals surface area (Å²) in [5.41, 5.74) is 0. The van der Waals surface area contributed by atoms with Crippen LogP contribution in [0, 0.1) is 0 Å². The molecule has 0 aliphatic rings. The lowest BCUT2D eigenvalue weighted by molar-refractivity contribution is -0.339. The maximum Gasteiger partial charge on any atom is 0.377 e. The first kappa shape index (κ1) is 29.8. The van der Waals surface area contributed by atoms with E-state index in [9.17, 15) is 70.2 Å². The van der Waals surface area contributed by atoms with E-state index in [1.807, 2.05) is 5.32 Å². The van der Waals surface area contributed by atoms with Crippen molar-refractivity contribution in [1.82, 2.24) is 5.32 Å². The molecule has 0 saturated heterocycles. The average molecular weight is 501 g/mol. The predicted octanol–water partition coefficient (Wildman–Crippen LogP) is 6.48. The smallest absolute Gasteiger partial charge is 0.317 e. The standard InChI is InChI=1S/C14H15F16N/c15-7(16)11(23,24)13(27,28)9(19,20)3-1-5-31-6-2-4-10(21,22)14(29,30)12(25,26)8(17)18/h7-8,31H,1-6H2. The quantitative estimate of drug-likeness (QED) is 0.212. The van der Waals surface area contributed by atoms with Gasteiger partial charge in [0, 0.05) is 12.8 Å². The number of nitrogens with one attached hydrogen (secondary N) is 1. The van der Waals surface area contributed by atoms with Crippen LogP contribution in [0.4, 0.5) is 70.2 Å². The highest BCUT2D eigenvalue weighted by molar-refractivity contribution is 4.98. The molecule has 17 heteroatoms.